The molecule has 1 heterocycles. The second kappa shape index (κ2) is 8.68. The van der Waals surface area contributed by atoms with Crippen LogP contribution in [0.25, 0.3) is 0 Å². The van der Waals surface area contributed by atoms with E-state index in [1.807, 2.05) is 0 Å². The van der Waals surface area contributed by atoms with E-state index in [0.29, 0.717) is 6.61 Å². The molecule has 0 amide bonds. The lowest BCUT2D eigenvalue weighted by Crippen LogP contribution is -2.31. The van der Waals surface area contributed by atoms with E-state index in [4.69, 9.17) is 14.2 Å². The van der Waals surface area contributed by atoms with Gasteiger partial charge in [0.15, 0.2) is 6.29 Å². The molecule has 0 saturated carbocycles. The summed E-state index contributed by atoms with van der Waals surface area (Å²) in [5, 5.41) is 19.6. The highest BCUT2D eigenvalue weighted by Crippen LogP contribution is 2.15. The number of esters is 1. The van der Waals surface area contributed by atoms with Gasteiger partial charge >= 0.3 is 5.97 Å². The smallest absolute Gasteiger partial charge is 0.308 e. The van der Waals surface area contributed by atoms with Gasteiger partial charge in [-0.2, -0.15) is 0 Å². The fourth-order valence-corrected chi connectivity index (χ4v) is 2.10. The molecule has 1 aliphatic heterocycles. The molecular formula is C15H28O6. The first-order chi connectivity index (χ1) is 9.76. The molecule has 2 N–H and O–H groups in total. The van der Waals surface area contributed by atoms with Crippen molar-refractivity contribution in [3.63, 3.8) is 0 Å². The molecule has 1 fully saturated rings. The van der Waals surface area contributed by atoms with Crippen molar-refractivity contribution in [2.45, 2.75) is 77.0 Å². The zero-order valence-corrected chi connectivity index (χ0v) is 13.2. The van der Waals surface area contributed by atoms with Crippen LogP contribution in [0.5, 0.6) is 0 Å². The van der Waals surface area contributed by atoms with Gasteiger partial charge in [-0.15, -0.1) is 0 Å². The summed E-state index contributed by atoms with van der Waals surface area (Å²) in [7, 11) is 0. The van der Waals surface area contributed by atoms with Gasteiger partial charge in [0.2, 0.25) is 0 Å². The van der Waals surface area contributed by atoms with Crippen molar-refractivity contribution in [1.82, 2.24) is 0 Å². The Balaban J connectivity index is 2.17. The summed E-state index contributed by atoms with van der Waals surface area (Å²) >= 11 is 0. The topological polar surface area (TPSA) is 85.2 Å². The van der Waals surface area contributed by atoms with E-state index in [2.05, 4.69) is 0 Å². The molecule has 0 aromatic heterocycles. The number of ether oxygens (including phenoxy) is 3. The van der Waals surface area contributed by atoms with Crippen LogP contribution >= 0.6 is 0 Å². The average Bonchev–Trinajstić information content (AvgIpc) is 2.35. The number of aliphatic hydroxyl groups excluding tert-OH is 2. The Bertz CT molecular complexity index is 306. The van der Waals surface area contributed by atoms with Crippen molar-refractivity contribution >= 4 is 5.97 Å². The number of hydrogen-bond donors (Lipinski definition) is 2. The monoisotopic (exact) mass is 304 g/mol. The first-order valence-electron chi connectivity index (χ1n) is 7.57. The number of hydrogen-bond acceptors (Lipinski definition) is 6. The second-order valence-corrected chi connectivity index (χ2v) is 6.46. The van der Waals surface area contributed by atoms with E-state index in [1.54, 1.807) is 20.8 Å². The van der Waals surface area contributed by atoms with Crippen LogP contribution < -0.4 is 0 Å². The molecule has 0 bridgehead atoms. The maximum absolute atomic E-state index is 11.5. The molecule has 6 nitrogen and oxygen atoms in total. The number of carbonyl (C=O) groups excluding carboxylic acids is 1. The number of carbonyl (C=O) groups is 1. The molecule has 1 saturated heterocycles. The molecule has 1 rings (SSSR count). The minimum absolute atomic E-state index is 0.0754. The summed E-state index contributed by atoms with van der Waals surface area (Å²) in [6.07, 6.45) is 0.835. The van der Waals surface area contributed by atoms with Crippen LogP contribution in [-0.2, 0) is 19.0 Å². The molecular weight excluding hydrogens is 276 g/mol. The Kier molecular flexibility index (Phi) is 7.59. The van der Waals surface area contributed by atoms with Gasteiger partial charge in [0.1, 0.15) is 5.60 Å². The van der Waals surface area contributed by atoms with Crippen molar-refractivity contribution in [2.75, 3.05) is 13.2 Å². The van der Waals surface area contributed by atoms with Gasteiger partial charge in [-0.3, -0.25) is 4.79 Å². The molecule has 0 aliphatic carbocycles. The van der Waals surface area contributed by atoms with Crippen LogP contribution in [0, 0.1) is 0 Å². The summed E-state index contributed by atoms with van der Waals surface area (Å²) in [4.78, 5) is 11.5. The SMILES string of the molecule is CC(C)(C)OC(=O)C[C@H](O)C[C@H](O)COC1CCCCO1. The summed E-state index contributed by atoms with van der Waals surface area (Å²) in [6, 6.07) is 0. The lowest BCUT2D eigenvalue weighted by Gasteiger charge is -2.24. The van der Waals surface area contributed by atoms with Crippen molar-refractivity contribution in [2.24, 2.45) is 0 Å². The first-order valence-corrected chi connectivity index (χ1v) is 7.57. The summed E-state index contributed by atoms with van der Waals surface area (Å²) in [5.74, 6) is -0.473. The lowest BCUT2D eigenvalue weighted by atomic mass is 10.1. The standard InChI is InChI=1S/C15H28O6/c1-15(2,3)21-13(18)9-11(16)8-12(17)10-20-14-6-4-5-7-19-14/h11-12,14,16-17H,4-10H2,1-3H3/t11-,12+,14?/m1/s1. The van der Waals surface area contributed by atoms with Crippen LogP contribution in [0.2, 0.25) is 0 Å². The van der Waals surface area contributed by atoms with Gasteiger partial charge in [-0.25, -0.2) is 0 Å². The second-order valence-electron chi connectivity index (χ2n) is 6.46. The van der Waals surface area contributed by atoms with E-state index < -0.39 is 23.8 Å². The average molecular weight is 304 g/mol. The molecule has 1 aliphatic rings. The molecule has 21 heavy (non-hydrogen) atoms. The van der Waals surface area contributed by atoms with Crippen LogP contribution in [0.15, 0.2) is 0 Å². The van der Waals surface area contributed by atoms with Gasteiger partial charge < -0.3 is 24.4 Å². The summed E-state index contributed by atoms with van der Waals surface area (Å²) in [6.45, 7) is 6.08. The maximum atomic E-state index is 11.5. The van der Waals surface area contributed by atoms with Gasteiger partial charge in [0, 0.05) is 13.0 Å². The molecule has 3 atom stereocenters. The molecule has 6 heteroatoms. The lowest BCUT2D eigenvalue weighted by molar-refractivity contribution is -0.177. The summed E-state index contributed by atoms with van der Waals surface area (Å²) < 4.78 is 15.9. The van der Waals surface area contributed by atoms with Crippen molar-refractivity contribution < 1.29 is 29.2 Å². The molecule has 124 valence electrons. The fraction of sp³-hybridized carbons (Fsp3) is 0.933. The Hall–Kier alpha value is -0.690. The fourth-order valence-electron chi connectivity index (χ4n) is 2.10. The normalized spacial score (nSPS) is 22.6. The van der Waals surface area contributed by atoms with Crippen LogP contribution in [0.4, 0.5) is 0 Å². The predicted octanol–water partition coefficient (Wildman–Crippen LogP) is 1.37. The highest BCUT2D eigenvalue weighted by molar-refractivity contribution is 5.70. The number of rotatable bonds is 7. The first kappa shape index (κ1) is 18.4. The van der Waals surface area contributed by atoms with E-state index in [0.717, 1.165) is 19.3 Å². The van der Waals surface area contributed by atoms with Gasteiger partial charge in [0.25, 0.3) is 0 Å². The molecule has 0 spiro atoms. The van der Waals surface area contributed by atoms with Gasteiger partial charge in [0.05, 0.1) is 25.2 Å². The quantitative estimate of drug-likeness (QED) is 0.691. The molecule has 1 unspecified atom stereocenters. The van der Waals surface area contributed by atoms with Crippen molar-refractivity contribution in [3.05, 3.63) is 0 Å². The van der Waals surface area contributed by atoms with E-state index in [-0.39, 0.29) is 25.7 Å². The third-order valence-electron chi connectivity index (χ3n) is 2.98. The van der Waals surface area contributed by atoms with Gasteiger partial charge in [-0.05, 0) is 40.0 Å². The zero-order chi connectivity index (χ0) is 15.9. The van der Waals surface area contributed by atoms with Crippen LogP contribution in [-0.4, -0.2) is 53.5 Å². The van der Waals surface area contributed by atoms with Crippen LogP contribution in [0.1, 0.15) is 52.9 Å². The van der Waals surface area contributed by atoms with E-state index in [9.17, 15) is 15.0 Å². The Labute approximate surface area is 126 Å². The highest BCUT2D eigenvalue weighted by Gasteiger charge is 2.22. The van der Waals surface area contributed by atoms with Crippen LogP contribution in [0.3, 0.4) is 0 Å². The van der Waals surface area contributed by atoms with Crippen molar-refractivity contribution in [3.8, 4) is 0 Å². The molecule has 0 aromatic rings. The predicted molar refractivity (Wildman–Crippen MR) is 76.6 cm³/mol. The minimum Gasteiger partial charge on any atom is -0.460 e. The van der Waals surface area contributed by atoms with E-state index in [1.165, 1.54) is 0 Å². The summed E-state index contributed by atoms with van der Waals surface area (Å²) in [5.41, 5.74) is -0.573. The third kappa shape index (κ3) is 9.03. The third-order valence-corrected chi connectivity index (χ3v) is 2.98. The van der Waals surface area contributed by atoms with Gasteiger partial charge in [-0.1, -0.05) is 0 Å². The van der Waals surface area contributed by atoms with Crippen molar-refractivity contribution in [1.29, 1.82) is 0 Å². The largest absolute Gasteiger partial charge is 0.460 e. The molecule has 0 radical (unpaired) electrons. The Morgan fingerprint density at radius 2 is 2.00 bits per heavy atom. The minimum atomic E-state index is -0.939. The Morgan fingerprint density at radius 3 is 2.57 bits per heavy atom. The highest BCUT2D eigenvalue weighted by atomic mass is 16.7. The maximum Gasteiger partial charge on any atom is 0.308 e. The zero-order valence-electron chi connectivity index (χ0n) is 13.2. The Morgan fingerprint density at radius 1 is 1.29 bits per heavy atom. The van der Waals surface area contributed by atoms with E-state index >= 15 is 0 Å². The molecule has 0 aromatic carbocycles. The number of aliphatic hydroxyl groups is 2.